The molecule has 0 aliphatic heterocycles. The fraction of sp³-hybridized carbons (Fsp3) is 0.118. The number of hydrogen-bond acceptors (Lipinski definition) is 3. The zero-order chi connectivity index (χ0) is 17.5. The van der Waals surface area contributed by atoms with Gasteiger partial charge in [-0.05, 0) is 24.6 Å². The van der Waals surface area contributed by atoms with Gasteiger partial charge in [0.15, 0.2) is 0 Å². The molecule has 0 saturated heterocycles. The van der Waals surface area contributed by atoms with Crippen LogP contribution in [-0.4, -0.2) is 18.0 Å². The van der Waals surface area contributed by atoms with Crippen molar-refractivity contribution >= 4 is 41.2 Å². The highest BCUT2D eigenvalue weighted by Gasteiger charge is 2.16. The summed E-state index contributed by atoms with van der Waals surface area (Å²) in [5.74, 6) is -1.63. The van der Waals surface area contributed by atoms with E-state index in [9.17, 15) is 9.59 Å². The van der Waals surface area contributed by atoms with Crippen molar-refractivity contribution in [2.24, 2.45) is 5.10 Å². The number of hydrogen-bond donors (Lipinski definition) is 2. The second-order valence-corrected chi connectivity index (χ2v) is 5.81. The maximum absolute atomic E-state index is 11.8. The van der Waals surface area contributed by atoms with E-state index in [2.05, 4.69) is 15.8 Å². The zero-order valence-electron chi connectivity index (χ0n) is 12.8. The van der Waals surface area contributed by atoms with Crippen molar-refractivity contribution in [3.8, 4) is 0 Å². The molecule has 124 valence electrons. The largest absolute Gasteiger partial charge is 0.341 e. The molecule has 0 radical (unpaired) electrons. The normalized spacial score (nSPS) is 12.0. The van der Waals surface area contributed by atoms with E-state index in [1.54, 1.807) is 25.1 Å². The van der Waals surface area contributed by atoms with E-state index in [1.807, 2.05) is 30.3 Å². The summed E-state index contributed by atoms with van der Waals surface area (Å²) in [6.45, 7) is 1.79. The molecular formula is C17H15Cl2N3O2. The molecule has 0 spiro atoms. The van der Waals surface area contributed by atoms with Gasteiger partial charge in [0.25, 0.3) is 0 Å². The van der Waals surface area contributed by atoms with Crippen LogP contribution in [0.3, 0.4) is 0 Å². The molecule has 2 N–H and O–H groups in total. The van der Waals surface area contributed by atoms with E-state index in [1.165, 1.54) is 6.21 Å². The fourth-order valence-electron chi connectivity index (χ4n) is 1.90. The number of carbonyl (C=O) groups is 2. The van der Waals surface area contributed by atoms with Gasteiger partial charge >= 0.3 is 11.8 Å². The third-order valence-electron chi connectivity index (χ3n) is 3.19. The van der Waals surface area contributed by atoms with Crippen LogP contribution < -0.4 is 10.7 Å². The standard InChI is InChI=1S/C17H15Cl2N3O2/c1-11(12-5-3-2-4-6-12)21-16(23)17(24)22-20-10-13-7-8-14(18)9-15(13)19/h2-11H,1H3,(H,21,23)(H,22,24)/b20-10+. The summed E-state index contributed by atoms with van der Waals surface area (Å²) in [5, 5.41) is 7.20. The first kappa shape index (κ1) is 18.0. The summed E-state index contributed by atoms with van der Waals surface area (Å²) in [7, 11) is 0. The van der Waals surface area contributed by atoms with Gasteiger partial charge in [0.1, 0.15) is 0 Å². The van der Waals surface area contributed by atoms with Crippen LogP contribution >= 0.6 is 23.2 Å². The SMILES string of the molecule is CC(NC(=O)C(=O)N/N=C/c1ccc(Cl)cc1Cl)c1ccccc1. The molecule has 1 atom stereocenters. The molecule has 7 heteroatoms. The fourth-order valence-corrected chi connectivity index (χ4v) is 2.36. The van der Waals surface area contributed by atoms with Crippen molar-refractivity contribution in [1.29, 1.82) is 0 Å². The molecule has 24 heavy (non-hydrogen) atoms. The van der Waals surface area contributed by atoms with E-state index in [0.717, 1.165) is 5.56 Å². The molecule has 0 aliphatic rings. The quantitative estimate of drug-likeness (QED) is 0.496. The second kappa shape index (κ2) is 8.47. The predicted octanol–water partition coefficient (Wildman–Crippen LogP) is 3.32. The molecule has 1 unspecified atom stereocenters. The minimum absolute atomic E-state index is 0.292. The Morgan fingerprint density at radius 2 is 1.79 bits per heavy atom. The van der Waals surface area contributed by atoms with Crippen molar-refractivity contribution in [1.82, 2.24) is 10.7 Å². The highest BCUT2D eigenvalue weighted by molar-refractivity contribution is 6.36. The summed E-state index contributed by atoms with van der Waals surface area (Å²) in [5.41, 5.74) is 3.62. The van der Waals surface area contributed by atoms with Crippen molar-refractivity contribution in [3.05, 3.63) is 69.7 Å². The summed E-state index contributed by atoms with van der Waals surface area (Å²) in [6.07, 6.45) is 1.34. The van der Waals surface area contributed by atoms with E-state index in [4.69, 9.17) is 23.2 Å². The first-order valence-electron chi connectivity index (χ1n) is 7.11. The first-order chi connectivity index (χ1) is 11.5. The van der Waals surface area contributed by atoms with Crippen LogP contribution in [0.4, 0.5) is 0 Å². The van der Waals surface area contributed by atoms with Gasteiger partial charge in [-0.25, -0.2) is 5.43 Å². The summed E-state index contributed by atoms with van der Waals surface area (Å²) in [4.78, 5) is 23.6. The van der Waals surface area contributed by atoms with Gasteiger partial charge < -0.3 is 5.32 Å². The summed E-state index contributed by atoms with van der Waals surface area (Å²) in [6, 6.07) is 13.9. The highest BCUT2D eigenvalue weighted by Crippen LogP contribution is 2.19. The van der Waals surface area contributed by atoms with E-state index in [-0.39, 0.29) is 6.04 Å². The number of hydrazone groups is 1. The topological polar surface area (TPSA) is 70.6 Å². The molecule has 2 aromatic rings. The zero-order valence-corrected chi connectivity index (χ0v) is 14.3. The Bertz CT molecular complexity index is 764. The van der Waals surface area contributed by atoms with Crippen LogP contribution in [-0.2, 0) is 9.59 Å². The average molecular weight is 364 g/mol. The molecule has 0 bridgehead atoms. The van der Waals surface area contributed by atoms with Crippen LogP contribution in [0, 0.1) is 0 Å². The number of rotatable bonds is 4. The van der Waals surface area contributed by atoms with Crippen LogP contribution in [0.25, 0.3) is 0 Å². The van der Waals surface area contributed by atoms with E-state index in [0.29, 0.717) is 15.6 Å². The number of benzene rings is 2. The number of halogens is 2. The van der Waals surface area contributed by atoms with Crippen LogP contribution in [0.5, 0.6) is 0 Å². The second-order valence-electron chi connectivity index (χ2n) is 4.97. The lowest BCUT2D eigenvalue weighted by Crippen LogP contribution is -2.39. The van der Waals surface area contributed by atoms with Gasteiger partial charge in [-0.2, -0.15) is 5.10 Å². The van der Waals surface area contributed by atoms with Gasteiger partial charge in [-0.1, -0.05) is 59.6 Å². The van der Waals surface area contributed by atoms with E-state index >= 15 is 0 Å². The third kappa shape index (κ3) is 5.08. The number of amides is 2. The van der Waals surface area contributed by atoms with Gasteiger partial charge in [-0.15, -0.1) is 0 Å². The number of nitrogens with zero attached hydrogens (tertiary/aromatic N) is 1. The van der Waals surface area contributed by atoms with Gasteiger partial charge in [-0.3, -0.25) is 9.59 Å². The third-order valence-corrected chi connectivity index (χ3v) is 3.75. The Morgan fingerprint density at radius 1 is 1.08 bits per heavy atom. The van der Waals surface area contributed by atoms with Crippen molar-refractivity contribution < 1.29 is 9.59 Å². The smallest absolute Gasteiger partial charge is 0.329 e. The lowest BCUT2D eigenvalue weighted by atomic mass is 10.1. The maximum atomic E-state index is 11.8. The molecule has 2 aromatic carbocycles. The molecule has 0 aromatic heterocycles. The van der Waals surface area contributed by atoms with Crippen molar-refractivity contribution in [2.45, 2.75) is 13.0 Å². The van der Waals surface area contributed by atoms with Crippen LogP contribution in [0.15, 0.2) is 53.6 Å². The van der Waals surface area contributed by atoms with E-state index < -0.39 is 11.8 Å². The Balaban J connectivity index is 1.90. The highest BCUT2D eigenvalue weighted by atomic mass is 35.5. The Labute approximate surface area is 149 Å². The van der Waals surface area contributed by atoms with Crippen molar-refractivity contribution in [3.63, 3.8) is 0 Å². The average Bonchev–Trinajstić information content (AvgIpc) is 2.57. The molecular weight excluding hydrogens is 349 g/mol. The maximum Gasteiger partial charge on any atom is 0.329 e. The lowest BCUT2D eigenvalue weighted by molar-refractivity contribution is -0.139. The molecule has 0 aliphatic carbocycles. The van der Waals surface area contributed by atoms with Crippen LogP contribution in [0.1, 0.15) is 24.1 Å². The lowest BCUT2D eigenvalue weighted by Gasteiger charge is -2.13. The number of nitrogens with one attached hydrogen (secondary N) is 2. The Hall–Kier alpha value is -2.37. The first-order valence-corrected chi connectivity index (χ1v) is 7.87. The predicted molar refractivity (Wildman–Crippen MR) is 95.2 cm³/mol. The van der Waals surface area contributed by atoms with Gasteiger partial charge in [0.2, 0.25) is 0 Å². The molecule has 2 amide bonds. The molecule has 2 rings (SSSR count). The molecule has 0 heterocycles. The van der Waals surface area contributed by atoms with Gasteiger partial charge in [0, 0.05) is 10.6 Å². The van der Waals surface area contributed by atoms with Gasteiger partial charge in [0.05, 0.1) is 17.3 Å². The minimum atomic E-state index is -0.862. The number of carbonyl (C=O) groups excluding carboxylic acids is 2. The molecule has 0 saturated carbocycles. The van der Waals surface area contributed by atoms with Crippen molar-refractivity contribution in [2.75, 3.05) is 0 Å². The molecule has 5 nitrogen and oxygen atoms in total. The Kier molecular flexibility index (Phi) is 6.35. The summed E-state index contributed by atoms with van der Waals surface area (Å²) >= 11 is 11.8. The monoisotopic (exact) mass is 363 g/mol. The minimum Gasteiger partial charge on any atom is -0.341 e. The molecule has 0 fully saturated rings. The Morgan fingerprint density at radius 3 is 2.46 bits per heavy atom. The van der Waals surface area contributed by atoms with Crippen LogP contribution in [0.2, 0.25) is 10.0 Å². The summed E-state index contributed by atoms with van der Waals surface area (Å²) < 4.78 is 0.